The van der Waals surface area contributed by atoms with E-state index in [1.807, 2.05) is 38.1 Å². The minimum absolute atomic E-state index is 0.476. The van der Waals surface area contributed by atoms with Gasteiger partial charge in [0.25, 0.3) is 0 Å². The smallest absolute Gasteiger partial charge is 0.321 e. The van der Waals surface area contributed by atoms with Crippen LogP contribution in [-0.2, 0) is 4.79 Å². The highest BCUT2D eigenvalue weighted by molar-refractivity contribution is 7.99. The van der Waals surface area contributed by atoms with Crippen molar-refractivity contribution in [2.45, 2.75) is 24.8 Å². The Labute approximate surface area is 100 Å². The van der Waals surface area contributed by atoms with E-state index in [1.54, 1.807) is 11.8 Å². The van der Waals surface area contributed by atoms with E-state index >= 15 is 0 Å². The molecule has 16 heavy (non-hydrogen) atoms. The molecule has 1 aromatic carbocycles. The second-order valence-electron chi connectivity index (χ2n) is 3.57. The highest BCUT2D eigenvalue weighted by atomic mass is 32.2. The summed E-state index contributed by atoms with van der Waals surface area (Å²) in [6.45, 7) is 4.62. The summed E-state index contributed by atoms with van der Waals surface area (Å²) in [5, 5.41) is 11.9. The van der Waals surface area contributed by atoms with Crippen LogP contribution in [0.5, 0.6) is 0 Å². The molecule has 4 heteroatoms. The average molecular weight is 239 g/mol. The fourth-order valence-corrected chi connectivity index (χ4v) is 2.23. The highest BCUT2D eigenvalue weighted by Gasteiger charge is 2.15. The van der Waals surface area contributed by atoms with Crippen LogP contribution < -0.4 is 5.32 Å². The van der Waals surface area contributed by atoms with Gasteiger partial charge < -0.3 is 10.4 Å². The normalized spacial score (nSPS) is 12.4. The van der Waals surface area contributed by atoms with Gasteiger partial charge in [-0.1, -0.05) is 24.6 Å². The number of aliphatic carboxylic acids is 1. The minimum Gasteiger partial charge on any atom is -0.480 e. The number of carboxylic acid groups (broad SMARTS) is 1. The zero-order chi connectivity index (χ0) is 12.0. The molecule has 1 aromatic rings. The van der Waals surface area contributed by atoms with Crippen LogP contribution in [0.4, 0.5) is 0 Å². The third-order valence-corrected chi connectivity index (χ3v) is 3.29. The van der Waals surface area contributed by atoms with Crippen LogP contribution >= 0.6 is 11.8 Å². The van der Waals surface area contributed by atoms with Crippen molar-refractivity contribution in [2.24, 2.45) is 0 Å². The summed E-state index contributed by atoms with van der Waals surface area (Å²) in [6, 6.07) is 7.63. The van der Waals surface area contributed by atoms with Crippen LogP contribution in [0, 0.1) is 6.92 Å². The van der Waals surface area contributed by atoms with Crippen LogP contribution in [0.3, 0.4) is 0 Å². The summed E-state index contributed by atoms with van der Waals surface area (Å²) in [5.41, 5.74) is 1.21. The lowest BCUT2D eigenvalue weighted by molar-refractivity contribution is -0.138. The molecule has 2 N–H and O–H groups in total. The molecule has 0 heterocycles. The van der Waals surface area contributed by atoms with Crippen molar-refractivity contribution in [1.29, 1.82) is 0 Å². The first-order valence-electron chi connectivity index (χ1n) is 5.29. The molecule has 0 aliphatic rings. The summed E-state index contributed by atoms with van der Waals surface area (Å²) >= 11 is 1.56. The third-order valence-electron chi connectivity index (χ3n) is 2.19. The lowest BCUT2D eigenvalue weighted by Gasteiger charge is -2.12. The number of thioether (sulfide) groups is 1. The molecule has 0 spiro atoms. The molecule has 0 amide bonds. The van der Waals surface area contributed by atoms with Gasteiger partial charge >= 0.3 is 5.97 Å². The van der Waals surface area contributed by atoms with E-state index in [0.717, 1.165) is 4.90 Å². The van der Waals surface area contributed by atoms with E-state index in [9.17, 15) is 4.79 Å². The van der Waals surface area contributed by atoms with Crippen LogP contribution in [-0.4, -0.2) is 29.4 Å². The molecule has 0 aromatic heterocycles. The Hall–Kier alpha value is -1.00. The molecule has 0 bridgehead atoms. The first-order valence-corrected chi connectivity index (χ1v) is 6.27. The fourth-order valence-electron chi connectivity index (χ4n) is 1.28. The van der Waals surface area contributed by atoms with E-state index in [2.05, 4.69) is 5.32 Å². The topological polar surface area (TPSA) is 49.3 Å². The lowest BCUT2D eigenvalue weighted by Crippen LogP contribution is -2.38. The van der Waals surface area contributed by atoms with Crippen molar-refractivity contribution < 1.29 is 9.90 Å². The van der Waals surface area contributed by atoms with Crippen molar-refractivity contribution in [3.63, 3.8) is 0 Å². The predicted octanol–water partition coefficient (Wildman–Crippen LogP) is 2.15. The first-order chi connectivity index (χ1) is 7.63. The Balaban J connectivity index is 2.48. The summed E-state index contributed by atoms with van der Waals surface area (Å²) in [4.78, 5) is 12.0. The van der Waals surface area contributed by atoms with Crippen molar-refractivity contribution in [3.8, 4) is 0 Å². The molecule has 1 rings (SSSR count). The van der Waals surface area contributed by atoms with Gasteiger partial charge in [-0.05, 0) is 25.6 Å². The van der Waals surface area contributed by atoms with Gasteiger partial charge in [0.2, 0.25) is 0 Å². The summed E-state index contributed by atoms with van der Waals surface area (Å²) in [7, 11) is 0. The maximum atomic E-state index is 10.9. The molecule has 88 valence electrons. The molecule has 0 saturated heterocycles. The fraction of sp³-hybridized carbons (Fsp3) is 0.417. The van der Waals surface area contributed by atoms with E-state index in [-0.39, 0.29) is 0 Å². The van der Waals surface area contributed by atoms with Gasteiger partial charge in [-0.25, -0.2) is 0 Å². The van der Waals surface area contributed by atoms with E-state index in [0.29, 0.717) is 12.3 Å². The van der Waals surface area contributed by atoms with Crippen molar-refractivity contribution in [3.05, 3.63) is 29.8 Å². The first kappa shape index (κ1) is 13.1. The number of aryl methyl sites for hydroxylation is 1. The Morgan fingerprint density at radius 1 is 1.44 bits per heavy atom. The molecule has 1 atom stereocenters. The lowest BCUT2D eigenvalue weighted by atomic mass is 10.2. The summed E-state index contributed by atoms with van der Waals surface area (Å²) in [6.07, 6.45) is 0. The maximum Gasteiger partial charge on any atom is 0.321 e. The number of carbonyl (C=O) groups is 1. The molecule has 0 aliphatic carbocycles. The standard InChI is InChI=1S/C12H17NO2S/c1-3-13-11(12(14)15)8-16-10-6-4-9(2)5-7-10/h4-7,11,13H,3,8H2,1-2H3,(H,14,15). The minimum atomic E-state index is -0.790. The number of hydrogen-bond acceptors (Lipinski definition) is 3. The Morgan fingerprint density at radius 2 is 2.06 bits per heavy atom. The van der Waals surface area contributed by atoms with E-state index in [4.69, 9.17) is 5.11 Å². The Bertz CT molecular complexity index is 337. The van der Waals surface area contributed by atoms with Gasteiger partial charge in [-0.2, -0.15) is 0 Å². The van der Waals surface area contributed by atoms with Crippen LogP contribution in [0.15, 0.2) is 29.2 Å². The van der Waals surface area contributed by atoms with Crippen molar-refractivity contribution >= 4 is 17.7 Å². The van der Waals surface area contributed by atoms with Crippen molar-refractivity contribution in [1.82, 2.24) is 5.32 Å². The van der Waals surface area contributed by atoms with Gasteiger partial charge in [0.05, 0.1) is 0 Å². The Kier molecular flexibility index (Phi) is 5.35. The van der Waals surface area contributed by atoms with Gasteiger partial charge in [0.1, 0.15) is 6.04 Å². The van der Waals surface area contributed by atoms with Gasteiger partial charge in [-0.15, -0.1) is 11.8 Å². The SMILES string of the molecule is CCNC(CSc1ccc(C)cc1)C(=O)O. The number of rotatable bonds is 6. The van der Waals surface area contributed by atoms with Gasteiger partial charge in [0.15, 0.2) is 0 Å². The van der Waals surface area contributed by atoms with E-state index < -0.39 is 12.0 Å². The third kappa shape index (κ3) is 4.24. The average Bonchev–Trinajstić information content (AvgIpc) is 2.26. The molecule has 0 saturated carbocycles. The molecular weight excluding hydrogens is 222 g/mol. The molecular formula is C12H17NO2S. The zero-order valence-electron chi connectivity index (χ0n) is 9.56. The van der Waals surface area contributed by atoms with E-state index in [1.165, 1.54) is 5.56 Å². The zero-order valence-corrected chi connectivity index (χ0v) is 10.4. The number of carboxylic acids is 1. The number of benzene rings is 1. The molecule has 0 fully saturated rings. The largest absolute Gasteiger partial charge is 0.480 e. The second kappa shape index (κ2) is 6.55. The van der Waals surface area contributed by atoms with Crippen molar-refractivity contribution in [2.75, 3.05) is 12.3 Å². The molecule has 0 aliphatic heterocycles. The second-order valence-corrected chi connectivity index (χ2v) is 4.67. The quantitative estimate of drug-likeness (QED) is 0.747. The highest BCUT2D eigenvalue weighted by Crippen LogP contribution is 2.19. The Morgan fingerprint density at radius 3 is 2.56 bits per heavy atom. The molecule has 1 unspecified atom stereocenters. The molecule has 0 radical (unpaired) electrons. The summed E-state index contributed by atoms with van der Waals surface area (Å²) in [5.74, 6) is -0.242. The monoisotopic (exact) mass is 239 g/mol. The van der Waals surface area contributed by atoms with Crippen LogP contribution in [0.25, 0.3) is 0 Å². The maximum absolute atomic E-state index is 10.9. The predicted molar refractivity (Wildman–Crippen MR) is 67.0 cm³/mol. The van der Waals surface area contributed by atoms with Crippen LogP contribution in [0.1, 0.15) is 12.5 Å². The van der Waals surface area contributed by atoms with Gasteiger partial charge in [-0.3, -0.25) is 4.79 Å². The number of likely N-dealkylation sites (N-methyl/N-ethyl adjacent to an activating group) is 1. The number of hydrogen-bond donors (Lipinski definition) is 2. The number of nitrogens with one attached hydrogen (secondary N) is 1. The van der Waals surface area contributed by atoms with Gasteiger partial charge in [0, 0.05) is 10.6 Å². The summed E-state index contributed by atoms with van der Waals surface area (Å²) < 4.78 is 0. The van der Waals surface area contributed by atoms with Crippen LogP contribution in [0.2, 0.25) is 0 Å². The molecule has 3 nitrogen and oxygen atoms in total.